The molecule has 0 aromatic heterocycles. The molecule has 0 amide bonds. The molecule has 0 bridgehead atoms. The standard InChI is InChI=1S/C14H23BrN2/c1-10(2)12(8-16)9-17-11(3)13-6-4-5-7-14(13)15/h4-7,10-12,17H,8-9,16H2,1-3H3/t11-,12?/m1/s1. The fourth-order valence-corrected chi connectivity index (χ4v) is 2.48. The SMILES string of the molecule is CC(C)C(CN)CN[C@H](C)c1ccccc1Br. The predicted molar refractivity (Wildman–Crippen MR) is 77.9 cm³/mol. The van der Waals surface area contributed by atoms with Gasteiger partial charge >= 0.3 is 0 Å². The van der Waals surface area contributed by atoms with Crippen LogP contribution in [0.5, 0.6) is 0 Å². The lowest BCUT2D eigenvalue weighted by Crippen LogP contribution is -2.33. The molecular formula is C14H23BrN2. The van der Waals surface area contributed by atoms with E-state index in [1.54, 1.807) is 0 Å². The van der Waals surface area contributed by atoms with Crippen LogP contribution in [0.3, 0.4) is 0 Å². The van der Waals surface area contributed by atoms with Crippen molar-refractivity contribution < 1.29 is 0 Å². The summed E-state index contributed by atoms with van der Waals surface area (Å²) in [6, 6.07) is 8.68. The van der Waals surface area contributed by atoms with Gasteiger partial charge < -0.3 is 11.1 Å². The largest absolute Gasteiger partial charge is 0.330 e. The second kappa shape index (κ2) is 7.14. The Hall–Kier alpha value is -0.380. The lowest BCUT2D eigenvalue weighted by Gasteiger charge is -2.23. The van der Waals surface area contributed by atoms with Gasteiger partial charge in [0.2, 0.25) is 0 Å². The van der Waals surface area contributed by atoms with E-state index in [0.29, 0.717) is 17.9 Å². The number of hydrogen-bond acceptors (Lipinski definition) is 2. The molecule has 0 saturated heterocycles. The molecule has 3 N–H and O–H groups in total. The zero-order valence-corrected chi connectivity index (χ0v) is 12.5. The smallest absolute Gasteiger partial charge is 0.0303 e. The van der Waals surface area contributed by atoms with Crippen LogP contribution in [-0.4, -0.2) is 13.1 Å². The van der Waals surface area contributed by atoms with E-state index in [-0.39, 0.29) is 0 Å². The summed E-state index contributed by atoms with van der Waals surface area (Å²) in [6.45, 7) is 8.35. The summed E-state index contributed by atoms with van der Waals surface area (Å²) in [4.78, 5) is 0. The Morgan fingerprint density at radius 1 is 1.24 bits per heavy atom. The zero-order valence-electron chi connectivity index (χ0n) is 10.9. The molecule has 0 aliphatic heterocycles. The number of hydrogen-bond donors (Lipinski definition) is 2. The van der Waals surface area contributed by atoms with Crippen molar-refractivity contribution in [2.75, 3.05) is 13.1 Å². The molecule has 3 heteroatoms. The molecule has 2 nitrogen and oxygen atoms in total. The van der Waals surface area contributed by atoms with Crippen molar-refractivity contribution in [1.29, 1.82) is 0 Å². The van der Waals surface area contributed by atoms with Gasteiger partial charge in [-0.2, -0.15) is 0 Å². The topological polar surface area (TPSA) is 38.0 Å². The van der Waals surface area contributed by atoms with E-state index < -0.39 is 0 Å². The summed E-state index contributed by atoms with van der Waals surface area (Å²) in [5.41, 5.74) is 7.08. The minimum Gasteiger partial charge on any atom is -0.330 e. The van der Waals surface area contributed by atoms with Gasteiger partial charge in [-0.15, -0.1) is 0 Å². The number of halogens is 1. The Bertz CT molecular complexity index is 339. The Balaban J connectivity index is 2.55. The second-order valence-corrected chi connectivity index (χ2v) is 5.75. The van der Waals surface area contributed by atoms with Gasteiger partial charge in [-0.05, 0) is 43.5 Å². The van der Waals surface area contributed by atoms with Crippen LogP contribution in [-0.2, 0) is 0 Å². The Morgan fingerprint density at radius 2 is 1.88 bits per heavy atom. The van der Waals surface area contributed by atoms with Crippen LogP contribution in [0.1, 0.15) is 32.4 Å². The molecule has 1 rings (SSSR count). The Labute approximate surface area is 113 Å². The summed E-state index contributed by atoms with van der Waals surface area (Å²) in [7, 11) is 0. The highest BCUT2D eigenvalue weighted by atomic mass is 79.9. The van der Waals surface area contributed by atoms with Gasteiger partial charge in [-0.25, -0.2) is 0 Å². The second-order valence-electron chi connectivity index (χ2n) is 4.89. The third-order valence-corrected chi connectivity index (χ3v) is 4.03. The van der Waals surface area contributed by atoms with Crippen LogP contribution in [0.4, 0.5) is 0 Å². The summed E-state index contributed by atoms with van der Waals surface area (Å²) >= 11 is 3.59. The fourth-order valence-electron chi connectivity index (χ4n) is 1.86. The van der Waals surface area contributed by atoms with E-state index in [0.717, 1.165) is 17.6 Å². The zero-order chi connectivity index (χ0) is 12.8. The molecule has 0 aliphatic carbocycles. The van der Waals surface area contributed by atoms with Crippen molar-refractivity contribution in [3.05, 3.63) is 34.3 Å². The molecule has 0 spiro atoms. The summed E-state index contributed by atoms with van der Waals surface area (Å²) < 4.78 is 1.16. The summed E-state index contributed by atoms with van der Waals surface area (Å²) in [6.07, 6.45) is 0. The molecule has 96 valence electrons. The number of nitrogens with one attached hydrogen (secondary N) is 1. The lowest BCUT2D eigenvalue weighted by molar-refractivity contribution is 0.356. The van der Waals surface area contributed by atoms with E-state index in [1.165, 1.54) is 5.56 Å². The first-order valence-electron chi connectivity index (χ1n) is 6.24. The maximum absolute atomic E-state index is 5.78. The Kier molecular flexibility index (Phi) is 6.17. The van der Waals surface area contributed by atoms with Gasteiger partial charge in [0, 0.05) is 10.5 Å². The van der Waals surface area contributed by atoms with Crippen molar-refractivity contribution in [2.45, 2.75) is 26.8 Å². The summed E-state index contributed by atoms with van der Waals surface area (Å²) in [5, 5.41) is 3.56. The van der Waals surface area contributed by atoms with Crippen LogP contribution in [0.15, 0.2) is 28.7 Å². The molecule has 1 aromatic carbocycles. The van der Waals surface area contributed by atoms with Gasteiger partial charge in [0.05, 0.1) is 0 Å². The molecule has 0 saturated carbocycles. The maximum atomic E-state index is 5.78. The molecular weight excluding hydrogens is 276 g/mol. The third-order valence-electron chi connectivity index (χ3n) is 3.30. The molecule has 1 unspecified atom stereocenters. The van der Waals surface area contributed by atoms with Gasteiger partial charge in [0.25, 0.3) is 0 Å². The average Bonchev–Trinajstić information content (AvgIpc) is 2.29. The van der Waals surface area contributed by atoms with Crippen molar-refractivity contribution in [1.82, 2.24) is 5.32 Å². The van der Waals surface area contributed by atoms with Gasteiger partial charge in [-0.1, -0.05) is 48.0 Å². The van der Waals surface area contributed by atoms with E-state index in [4.69, 9.17) is 5.73 Å². The van der Waals surface area contributed by atoms with E-state index >= 15 is 0 Å². The average molecular weight is 299 g/mol. The van der Waals surface area contributed by atoms with Crippen LogP contribution in [0.2, 0.25) is 0 Å². The molecule has 1 aromatic rings. The number of rotatable bonds is 6. The quantitative estimate of drug-likeness (QED) is 0.845. The predicted octanol–water partition coefficient (Wildman–Crippen LogP) is 3.33. The van der Waals surface area contributed by atoms with Crippen LogP contribution in [0.25, 0.3) is 0 Å². The highest BCUT2D eigenvalue weighted by Gasteiger charge is 2.14. The van der Waals surface area contributed by atoms with Crippen molar-refractivity contribution in [3.63, 3.8) is 0 Å². The van der Waals surface area contributed by atoms with E-state index in [9.17, 15) is 0 Å². The third kappa shape index (κ3) is 4.41. The Morgan fingerprint density at radius 3 is 2.41 bits per heavy atom. The minimum absolute atomic E-state index is 0.346. The van der Waals surface area contributed by atoms with Crippen LogP contribution < -0.4 is 11.1 Å². The fraction of sp³-hybridized carbons (Fsp3) is 0.571. The van der Waals surface area contributed by atoms with E-state index in [2.05, 4.69) is 60.2 Å². The first kappa shape index (κ1) is 14.7. The molecule has 0 radical (unpaired) electrons. The first-order chi connectivity index (χ1) is 8.06. The normalized spacial score (nSPS) is 14.9. The molecule has 2 atom stereocenters. The van der Waals surface area contributed by atoms with Gasteiger partial charge in [-0.3, -0.25) is 0 Å². The molecule has 17 heavy (non-hydrogen) atoms. The molecule has 0 heterocycles. The van der Waals surface area contributed by atoms with Crippen molar-refractivity contribution in [3.8, 4) is 0 Å². The number of nitrogens with two attached hydrogens (primary N) is 1. The highest BCUT2D eigenvalue weighted by Crippen LogP contribution is 2.23. The number of benzene rings is 1. The first-order valence-corrected chi connectivity index (χ1v) is 7.03. The minimum atomic E-state index is 0.346. The van der Waals surface area contributed by atoms with Crippen molar-refractivity contribution in [2.24, 2.45) is 17.6 Å². The highest BCUT2D eigenvalue weighted by molar-refractivity contribution is 9.10. The van der Waals surface area contributed by atoms with Crippen LogP contribution in [0, 0.1) is 11.8 Å². The van der Waals surface area contributed by atoms with Crippen molar-refractivity contribution >= 4 is 15.9 Å². The van der Waals surface area contributed by atoms with Crippen LogP contribution >= 0.6 is 15.9 Å². The monoisotopic (exact) mass is 298 g/mol. The molecule has 0 fully saturated rings. The van der Waals surface area contributed by atoms with Gasteiger partial charge in [0.15, 0.2) is 0 Å². The molecule has 0 aliphatic rings. The van der Waals surface area contributed by atoms with Gasteiger partial charge in [0.1, 0.15) is 0 Å². The maximum Gasteiger partial charge on any atom is 0.0303 e. The lowest BCUT2D eigenvalue weighted by atomic mass is 9.95. The van der Waals surface area contributed by atoms with E-state index in [1.807, 2.05) is 6.07 Å². The summed E-state index contributed by atoms with van der Waals surface area (Å²) in [5.74, 6) is 1.17.